The van der Waals surface area contributed by atoms with Crippen LogP contribution in [0.2, 0.25) is 0 Å². The third-order valence-electron chi connectivity index (χ3n) is 11.0. The quantitative estimate of drug-likeness (QED) is 0.0866. The predicted molar refractivity (Wildman–Crippen MR) is 218 cm³/mol. The van der Waals surface area contributed by atoms with Crippen molar-refractivity contribution in [3.8, 4) is 34.5 Å². The number of rotatable bonds is 8. The summed E-state index contributed by atoms with van der Waals surface area (Å²) in [5, 5.41) is 58.0. The Balaban J connectivity index is 0.000000197. The molecule has 0 saturated heterocycles. The van der Waals surface area contributed by atoms with Crippen LogP contribution in [-0.2, 0) is 16.2 Å². The number of hydrogen-bond acceptors (Lipinski definition) is 6. The van der Waals surface area contributed by atoms with Gasteiger partial charge in [-0.1, -0.05) is 111 Å². The van der Waals surface area contributed by atoms with Gasteiger partial charge in [-0.3, -0.25) is 0 Å². The fraction of sp³-hybridized carbons (Fsp3) is 0.143. The highest BCUT2D eigenvalue weighted by molar-refractivity contribution is 5.54. The Morgan fingerprint density at radius 3 is 0.527 bits per heavy atom. The Morgan fingerprint density at radius 1 is 0.218 bits per heavy atom. The molecule has 7 aromatic rings. The molecule has 7 aromatic carbocycles. The van der Waals surface area contributed by atoms with Crippen LogP contribution in [-0.4, -0.2) is 30.6 Å². The predicted octanol–water partition coefficient (Wildman–Crippen LogP) is 10.6. The Bertz CT molecular complexity index is 2150. The van der Waals surface area contributed by atoms with E-state index in [0.29, 0.717) is 0 Å². The van der Waals surface area contributed by atoms with E-state index in [2.05, 4.69) is 52.0 Å². The van der Waals surface area contributed by atoms with Crippen molar-refractivity contribution in [1.82, 2.24) is 0 Å². The summed E-state index contributed by atoms with van der Waals surface area (Å²) in [5.74, 6) is 1.37. The first-order valence-electron chi connectivity index (χ1n) is 18.1. The average Bonchev–Trinajstić information content (AvgIpc) is 3.19. The Labute approximate surface area is 322 Å². The van der Waals surface area contributed by atoms with Gasteiger partial charge in [-0.2, -0.15) is 0 Å². The standard InChI is InChI=1S/C29H28O3.C20H18O3/c1-28(2,21-8-14-25(30)15-9-21)20-4-6-22(7-5-20)29(3,23-10-16-26(31)17-11-23)24-12-18-27(32)19-13-24;1-20(14-2-8-17(21)9-3-14,15-4-10-18(22)11-5-15)16-6-12-19(23)13-7-16/h4-19,30-32H,1-3H3;2-13,21-23H,1H3. The maximum absolute atomic E-state index is 9.80. The molecule has 0 atom stereocenters. The second kappa shape index (κ2) is 15.4. The van der Waals surface area contributed by atoms with Gasteiger partial charge in [-0.25, -0.2) is 0 Å². The van der Waals surface area contributed by atoms with Gasteiger partial charge in [-0.15, -0.1) is 0 Å². The highest BCUT2D eigenvalue weighted by Crippen LogP contribution is 2.42. The molecule has 0 saturated carbocycles. The maximum atomic E-state index is 9.80. The average molecular weight is 731 g/mol. The zero-order valence-corrected chi connectivity index (χ0v) is 31.3. The molecular weight excluding hydrogens is 685 g/mol. The van der Waals surface area contributed by atoms with Crippen LogP contribution in [0.15, 0.2) is 170 Å². The summed E-state index contributed by atoms with van der Waals surface area (Å²) in [4.78, 5) is 0. The van der Waals surface area contributed by atoms with Gasteiger partial charge in [0.1, 0.15) is 34.5 Å². The van der Waals surface area contributed by atoms with Crippen molar-refractivity contribution in [1.29, 1.82) is 0 Å². The number of benzene rings is 7. The molecular formula is C49H46O6. The fourth-order valence-corrected chi connectivity index (χ4v) is 7.24. The molecule has 0 unspecified atom stereocenters. The lowest BCUT2D eigenvalue weighted by atomic mass is 9.70. The maximum Gasteiger partial charge on any atom is 0.115 e. The Morgan fingerprint density at radius 2 is 0.345 bits per heavy atom. The van der Waals surface area contributed by atoms with Crippen molar-refractivity contribution >= 4 is 0 Å². The highest BCUT2D eigenvalue weighted by Gasteiger charge is 2.33. The lowest BCUT2D eigenvalue weighted by molar-refractivity contribution is 0.473. The van der Waals surface area contributed by atoms with E-state index in [4.69, 9.17) is 0 Å². The van der Waals surface area contributed by atoms with Gasteiger partial charge in [0, 0.05) is 16.2 Å². The van der Waals surface area contributed by atoms with E-state index in [1.54, 1.807) is 72.8 Å². The minimum Gasteiger partial charge on any atom is -0.508 e. The summed E-state index contributed by atoms with van der Waals surface area (Å²) < 4.78 is 0. The van der Waals surface area contributed by atoms with Crippen LogP contribution in [0, 0.1) is 0 Å². The molecule has 278 valence electrons. The van der Waals surface area contributed by atoms with Crippen LogP contribution < -0.4 is 0 Å². The summed E-state index contributed by atoms with van der Waals surface area (Å²) in [6, 6.07) is 51.8. The van der Waals surface area contributed by atoms with Crippen LogP contribution in [0.3, 0.4) is 0 Å². The van der Waals surface area contributed by atoms with Gasteiger partial charge in [0.2, 0.25) is 0 Å². The lowest BCUT2D eigenvalue weighted by Crippen LogP contribution is -2.26. The van der Waals surface area contributed by atoms with Crippen molar-refractivity contribution in [3.05, 3.63) is 214 Å². The first-order chi connectivity index (χ1) is 26.2. The molecule has 0 amide bonds. The molecule has 0 aliphatic carbocycles. The van der Waals surface area contributed by atoms with E-state index in [1.165, 1.54) is 5.56 Å². The molecule has 0 aliphatic rings. The summed E-state index contributed by atoms with van der Waals surface area (Å²) in [5.41, 5.74) is 7.35. The Hall–Kier alpha value is -6.66. The van der Waals surface area contributed by atoms with Crippen LogP contribution in [0.25, 0.3) is 0 Å². The van der Waals surface area contributed by atoms with Gasteiger partial charge in [0.25, 0.3) is 0 Å². The molecule has 6 N–H and O–H groups in total. The first kappa shape index (κ1) is 38.1. The molecule has 6 heteroatoms. The number of aromatic hydroxyl groups is 6. The summed E-state index contributed by atoms with van der Waals surface area (Å²) in [6.07, 6.45) is 0. The minimum atomic E-state index is -0.477. The Kier molecular flexibility index (Phi) is 10.6. The zero-order valence-electron chi connectivity index (χ0n) is 31.3. The van der Waals surface area contributed by atoms with Gasteiger partial charge < -0.3 is 30.6 Å². The second-order valence-electron chi connectivity index (χ2n) is 14.7. The molecule has 0 spiro atoms. The van der Waals surface area contributed by atoms with Crippen molar-refractivity contribution in [3.63, 3.8) is 0 Å². The highest BCUT2D eigenvalue weighted by atomic mass is 16.3. The van der Waals surface area contributed by atoms with E-state index in [9.17, 15) is 30.6 Å². The molecule has 0 fully saturated rings. The van der Waals surface area contributed by atoms with Gasteiger partial charge in [-0.05, 0) is 131 Å². The van der Waals surface area contributed by atoms with E-state index in [-0.39, 0.29) is 39.9 Å². The molecule has 0 aliphatic heterocycles. The summed E-state index contributed by atoms with van der Waals surface area (Å²) >= 11 is 0. The SMILES string of the molecule is CC(C)(c1ccc(O)cc1)c1ccc(C(C)(c2ccc(O)cc2)c2ccc(O)cc2)cc1.CC(c1ccc(O)cc1)(c1ccc(O)cc1)c1ccc(O)cc1. The number of phenols is 6. The molecule has 0 heterocycles. The van der Waals surface area contributed by atoms with Crippen LogP contribution >= 0.6 is 0 Å². The molecule has 6 nitrogen and oxygen atoms in total. The van der Waals surface area contributed by atoms with Gasteiger partial charge in [0.15, 0.2) is 0 Å². The van der Waals surface area contributed by atoms with Crippen molar-refractivity contribution in [2.24, 2.45) is 0 Å². The lowest BCUT2D eigenvalue weighted by Gasteiger charge is -2.33. The van der Waals surface area contributed by atoms with Crippen LogP contribution in [0.4, 0.5) is 0 Å². The monoisotopic (exact) mass is 730 g/mol. The van der Waals surface area contributed by atoms with Crippen molar-refractivity contribution < 1.29 is 30.6 Å². The normalized spacial score (nSPS) is 11.7. The minimum absolute atomic E-state index is 0.215. The third-order valence-corrected chi connectivity index (χ3v) is 11.0. The van der Waals surface area contributed by atoms with Gasteiger partial charge in [0.05, 0.1) is 0 Å². The van der Waals surface area contributed by atoms with E-state index >= 15 is 0 Å². The number of hydrogen-bond donors (Lipinski definition) is 6. The van der Waals surface area contributed by atoms with E-state index in [0.717, 1.165) is 38.9 Å². The largest absolute Gasteiger partial charge is 0.508 e. The molecule has 0 radical (unpaired) electrons. The molecule has 7 rings (SSSR count). The second-order valence-corrected chi connectivity index (χ2v) is 14.7. The molecule has 0 bridgehead atoms. The zero-order chi connectivity index (χ0) is 39.4. The van der Waals surface area contributed by atoms with Crippen LogP contribution in [0.5, 0.6) is 34.5 Å². The summed E-state index contributed by atoms with van der Waals surface area (Å²) in [7, 11) is 0. The molecule has 0 aromatic heterocycles. The topological polar surface area (TPSA) is 121 Å². The van der Waals surface area contributed by atoms with Crippen molar-refractivity contribution in [2.75, 3.05) is 0 Å². The smallest absolute Gasteiger partial charge is 0.115 e. The first-order valence-corrected chi connectivity index (χ1v) is 18.1. The van der Waals surface area contributed by atoms with E-state index < -0.39 is 10.8 Å². The van der Waals surface area contributed by atoms with Crippen LogP contribution in [0.1, 0.15) is 72.2 Å². The summed E-state index contributed by atoms with van der Waals surface area (Å²) in [6.45, 7) is 8.59. The molecule has 55 heavy (non-hydrogen) atoms. The van der Waals surface area contributed by atoms with E-state index in [1.807, 2.05) is 72.8 Å². The fourth-order valence-electron chi connectivity index (χ4n) is 7.24. The third kappa shape index (κ3) is 7.85. The number of phenolic OH excluding ortho intramolecular Hbond substituents is 6. The van der Waals surface area contributed by atoms with Gasteiger partial charge >= 0.3 is 0 Å². The van der Waals surface area contributed by atoms with Crippen molar-refractivity contribution in [2.45, 2.75) is 43.9 Å².